The number of amides is 1. The van der Waals surface area contributed by atoms with E-state index in [2.05, 4.69) is 29.5 Å². The molecule has 1 aromatic carbocycles. The average Bonchev–Trinajstić information content (AvgIpc) is 2.65. The number of allylic oxidation sites excluding steroid dienone is 1. The molecule has 0 aliphatic carbocycles. The summed E-state index contributed by atoms with van der Waals surface area (Å²) in [6.07, 6.45) is 1.35. The third kappa shape index (κ3) is 4.91. The summed E-state index contributed by atoms with van der Waals surface area (Å²) in [5.41, 5.74) is 3.75. The molecule has 6 heteroatoms. The molecule has 0 saturated heterocycles. The lowest BCUT2D eigenvalue weighted by molar-refractivity contribution is -0.143. The van der Waals surface area contributed by atoms with Gasteiger partial charge in [0.25, 0.3) is 5.91 Å². The fourth-order valence-corrected chi connectivity index (χ4v) is 2.46. The Morgan fingerprint density at radius 3 is 2.65 bits per heavy atom. The molecule has 1 aliphatic heterocycles. The number of aliphatic imine (C=N–C) groups is 1. The number of hydroxylamine groups is 2. The first-order valence-electron chi connectivity index (χ1n) is 8.18. The van der Waals surface area contributed by atoms with E-state index < -0.39 is 5.91 Å². The minimum Gasteiger partial charge on any atom is -0.380 e. The van der Waals surface area contributed by atoms with Gasteiger partial charge in [0, 0.05) is 24.7 Å². The van der Waals surface area contributed by atoms with Crippen LogP contribution in [0.1, 0.15) is 31.9 Å². The molecule has 1 aliphatic rings. The monoisotopic (exact) mass is 352 g/mol. The average molecular weight is 352 g/mol. The van der Waals surface area contributed by atoms with Gasteiger partial charge in [-0.05, 0) is 38.5 Å². The fraction of sp³-hybridized carbons (Fsp3) is 0.250. The second kappa shape index (κ2) is 9.97. The SMILES string of the molecule is C=C.CCN=C1C(=C(C)C)C(NCc2cccc(C#N)c2)=CC(=O)N1O. The van der Waals surface area contributed by atoms with E-state index in [0.717, 1.165) is 11.1 Å². The normalized spacial score (nSPS) is 15.0. The second-order valence-corrected chi connectivity index (χ2v) is 5.55. The summed E-state index contributed by atoms with van der Waals surface area (Å²) in [7, 11) is 0. The van der Waals surface area contributed by atoms with Gasteiger partial charge in [-0.3, -0.25) is 15.0 Å². The van der Waals surface area contributed by atoms with Crippen LogP contribution >= 0.6 is 0 Å². The largest absolute Gasteiger partial charge is 0.380 e. The molecule has 0 unspecified atom stereocenters. The Labute approximate surface area is 154 Å². The van der Waals surface area contributed by atoms with Gasteiger partial charge in [0.05, 0.1) is 17.3 Å². The molecule has 136 valence electrons. The van der Waals surface area contributed by atoms with Crippen molar-refractivity contribution in [3.8, 4) is 6.07 Å². The zero-order valence-electron chi connectivity index (χ0n) is 15.4. The number of carbonyl (C=O) groups excluding carboxylic acids is 1. The van der Waals surface area contributed by atoms with Gasteiger partial charge in [0.1, 0.15) is 0 Å². The molecule has 0 bridgehead atoms. The minimum atomic E-state index is -0.541. The van der Waals surface area contributed by atoms with Crippen LogP contribution in [0.5, 0.6) is 0 Å². The predicted octanol–water partition coefficient (Wildman–Crippen LogP) is 3.32. The molecular formula is C20H24N4O2. The number of rotatable bonds is 4. The summed E-state index contributed by atoms with van der Waals surface area (Å²) >= 11 is 0. The summed E-state index contributed by atoms with van der Waals surface area (Å²) in [6, 6.07) is 9.36. The summed E-state index contributed by atoms with van der Waals surface area (Å²) < 4.78 is 0. The maximum Gasteiger partial charge on any atom is 0.278 e. The molecule has 0 fully saturated rings. The van der Waals surface area contributed by atoms with Crippen molar-refractivity contribution in [1.82, 2.24) is 10.4 Å². The van der Waals surface area contributed by atoms with Crippen molar-refractivity contribution in [1.29, 1.82) is 5.26 Å². The van der Waals surface area contributed by atoms with E-state index in [1.165, 1.54) is 6.08 Å². The van der Waals surface area contributed by atoms with E-state index in [1.54, 1.807) is 12.1 Å². The third-order valence-corrected chi connectivity index (χ3v) is 3.52. The Morgan fingerprint density at radius 2 is 2.08 bits per heavy atom. The lowest BCUT2D eigenvalue weighted by Crippen LogP contribution is -2.41. The summed E-state index contributed by atoms with van der Waals surface area (Å²) in [4.78, 5) is 16.2. The first-order valence-corrected chi connectivity index (χ1v) is 8.18. The molecule has 1 aromatic rings. The van der Waals surface area contributed by atoms with Crippen LogP contribution < -0.4 is 5.32 Å². The van der Waals surface area contributed by atoms with Crippen LogP contribution in [0.15, 0.2) is 65.3 Å². The Balaban J connectivity index is 0.00000163. The second-order valence-electron chi connectivity index (χ2n) is 5.55. The molecule has 0 aromatic heterocycles. The van der Waals surface area contributed by atoms with E-state index in [-0.39, 0.29) is 5.84 Å². The molecule has 0 radical (unpaired) electrons. The number of nitrogens with one attached hydrogen (secondary N) is 1. The van der Waals surface area contributed by atoms with Gasteiger partial charge in [-0.25, -0.2) is 0 Å². The molecule has 2 N–H and O–H groups in total. The van der Waals surface area contributed by atoms with Crippen molar-refractivity contribution < 1.29 is 10.0 Å². The van der Waals surface area contributed by atoms with E-state index in [0.29, 0.717) is 35.0 Å². The molecule has 26 heavy (non-hydrogen) atoms. The maximum absolute atomic E-state index is 12.0. The summed E-state index contributed by atoms with van der Waals surface area (Å²) in [6.45, 7) is 12.5. The highest BCUT2D eigenvalue weighted by atomic mass is 16.5. The molecular weight excluding hydrogens is 328 g/mol. The van der Waals surface area contributed by atoms with Crippen LogP contribution in [0.25, 0.3) is 0 Å². The molecule has 0 saturated carbocycles. The number of carbonyl (C=O) groups is 1. The molecule has 0 atom stereocenters. The molecule has 6 nitrogen and oxygen atoms in total. The van der Waals surface area contributed by atoms with Crippen molar-refractivity contribution in [3.63, 3.8) is 0 Å². The zero-order chi connectivity index (χ0) is 19.7. The van der Waals surface area contributed by atoms with Crippen LogP contribution in [0.3, 0.4) is 0 Å². The lowest BCUT2D eigenvalue weighted by atomic mass is 10.0. The quantitative estimate of drug-likeness (QED) is 0.643. The number of nitriles is 1. The van der Waals surface area contributed by atoms with Crippen molar-refractivity contribution in [2.24, 2.45) is 4.99 Å². The number of hydrogen-bond acceptors (Lipinski definition) is 5. The molecule has 1 amide bonds. The minimum absolute atomic E-state index is 0.248. The van der Waals surface area contributed by atoms with Gasteiger partial charge in [-0.2, -0.15) is 10.3 Å². The van der Waals surface area contributed by atoms with Gasteiger partial charge in [0.2, 0.25) is 0 Å². The van der Waals surface area contributed by atoms with Crippen LogP contribution in [-0.2, 0) is 11.3 Å². The Bertz CT molecular complexity index is 796. The third-order valence-electron chi connectivity index (χ3n) is 3.52. The van der Waals surface area contributed by atoms with Gasteiger partial charge in [-0.1, -0.05) is 17.7 Å². The number of benzene rings is 1. The topological polar surface area (TPSA) is 88.7 Å². The number of nitrogens with zero attached hydrogens (tertiary/aromatic N) is 3. The molecule has 0 spiro atoms. The molecule has 1 heterocycles. The highest BCUT2D eigenvalue weighted by molar-refractivity contribution is 6.15. The first-order chi connectivity index (χ1) is 12.5. The highest BCUT2D eigenvalue weighted by Gasteiger charge is 2.29. The van der Waals surface area contributed by atoms with Gasteiger partial charge >= 0.3 is 0 Å². The highest BCUT2D eigenvalue weighted by Crippen LogP contribution is 2.22. The Morgan fingerprint density at radius 1 is 1.38 bits per heavy atom. The van der Waals surface area contributed by atoms with Crippen molar-refractivity contribution in [2.75, 3.05) is 6.54 Å². The van der Waals surface area contributed by atoms with Crippen molar-refractivity contribution >= 4 is 11.7 Å². The standard InChI is InChI=1S/C18H20N4O2.C2H4/c1-4-20-18-17(12(2)3)15(9-16(23)22(18)24)21-11-14-7-5-6-13(8-14)10-19;1-2/h5-9,21,24H,4,11H2,1-3H3;1-2H2. The Hall–Kier alpha value is -3.17. The fourth-order valence-electron chi connectivity index (χ4n) is 2.46. The lowest BCUT2D eigenvalue weighted by Gasteiger charge is -2.27. The maximum atomic E-state index is 12.0. The van der Waals surface area contributed by atoms with Crippen LogP contribution in [-0.4, -0.2) is 28.6 Å². The van der Waals surface area contributed by atoms with Crippen molar-refractivity contribution in [2.45, 2.75) is 27.3 Å². The van der Waals surface area contributed by atoms with Gasteiger partial charge < -0.3 is 5.32 Å². The number of hydrogen-bond donors (Lipinski definition) is 2. The molecule has 2 rings (SSSR count). The predicted molar refractivity (Wildman–Crippen MR) is 102 cm³/mol. The van der Waals surface area contributed by atoms with Crippen LogP contribution in [0.2, 0.25) is 0 Å². The summed E-state index contributed by atoms with van der Waals surface area (Å²) in [5, 5.41) is 22.7. The van der Waals surface area contributed by atoms with Gasteiger partial charge in [-0.15, -0.1) is 13.2 Å². The smallest absolute Gasteiger partial charge is 0.278 e. The van der Waals surface area contributed by atoms with Crippen LogP contribution in [0, 0.1) is 11.3 Å². The zero-order valence-corrected chi connectivity index (χ0v) is 15.4. The summed E-state index contributed by atoms with van der Waals surface area (Å²) in [5.74, 6) is -0.293. The van der Waals surface area contributed by atoms with Gasteiger partial charge in [0.15, 0.2) is 5.84 Å². The van der Waals surface area contributed by atoms with E-state index in [9.17, 15) is 10.0 Å². The van der Waals surface area contributed by atoms with E-state index in [1.807, 2.05) is 32.9 Å². The van der Waals surface area contributed by atoms with E-state index >= 15 is 0 Å². The first kappa shape index (κ1) is 20.9. The Kier molecular flexibility index (Phi) is 8.00. The number of amidine groups is 1. The van der Waals surface area contributed by atoms with E-state index in [4.69, 9.17) is 5.26 Å². The van der Waals surface area contributed by atoms with Crippen LogP contribution in [0.4, 0.5) is 0 Å². The van der Waals surface area contributed by atoms with Crippen molar-refractivity contribution in [3.05, 3.63) is 71.5 Å².